The standard InChI is InChI=1S/C9H11N3OS/c1-6(13)11-9(14)12-8-5-3-2-4-7(8)10/h2-5H,10H2,1H3,(H2,11,12,13,14). The maximum Gasteiger partial charge on any atom is 0.222 e. The summed E-state index contributed by atoms with van der Waals surface area (Å²) in [5.41, 5.74) is 6.93. The topological polar surface area (TPSA) is 67.2 Å². The van der Waals surface area contributed by atoms with Gasteiger partial charge in [0.25, 0.3) is 0 Å². The predicted octanol–water partition coefficient (Wildman–Crippen LogP) is 1.10. The van der Waals surface area contributed by atoms with E-state index in [9.17, 15) is 4.79 Å². The quantitative estimate of drug-likeness (QED) is 0.478. The van der Waals surface area contributed by atoms with Crippen LogP contribution in [0.15, 0.2) is 24.3 Å². The predicted molar refractivity (Wildman–Crippen MR) is 60.9 cm³/mol. The molecule has 14 heavy (non-hydrogen) atoms. The lowest BCUT2D eigenvalue weighted by Gasteiger charge is -2.09. The monoisotopic (exact) mass is 209 g/mol. The van der Waals surface area contributed by atoms with Gasteiger partial charge in [-0.3, -0.25) is 4.79 Å². The van der Waals surface area contributed by atoms with Gasteiger partial charge in [0.2, 0.25) is 5.91 Å². The Morgan fingerprint density at radius 1 is 1.43 bits per heavy atom. The summed E-state index contributed by atoms with van der Waals surface area (Å²) >= 11 is 4.87. The van der Waals surface area contributed by atoms with Crippen LogP contribution in [0, 0.1) is 0 Å². The van der Waals surface area contributed by atoms with Crippen molar-refractivity contribution >= 4 is 34.6 Å². The number of amides is 1. The first-order chi connectivity index (χ1) is 6.59. The van der Waals surface area contributed by atoms with Crippen molar-refractivity contribution in [3.63, 3.8) is 0 Å². The zero-order valence-corrected chi connectivity index (χ0v) is 8.52. The van der Waals surface area contributed by atoms with E-state index in [1.54, 1.807) is 12.1 Å². The van der Waals surface area contributed by atoms with E-state index in [1.165, 1.54) is 6.92 Å². The van der Waals surface area contributed by atoms with Crippen molar-refractivity contribution in [1.82, 2.24) is 5.32 Å². The number of para-hydroxylation sites is 2. The number of nitrogens with one attached hydrogen (secondary N) is 2. The van der Waals surface area contributed by atoms with Gasteiger partial charge in [0.15, 0.2) is 5.11 Å². The Morgan fingerprint density at radius 3 is 2.64 bits per heavy atom. The van der Waals surface area contributed by atoms with Crippen LogP contribution in [-0.2, 0) is 4.79 Å². The third-order valence-electron chi connectivity index (χ3n) is 1.50. The molecular formula is C9H11N3OS. The van der Waals surface area contributed by atoms with Crippen LogP contribution in [0.1, 0.15) is 6.92 Å². The Kier molecular flexibility index (Phi) is 3.41. The van der Waals surface area contributed by atoms with Crippen LogP contribution in [0.25, 0.3) is 0 Å². The van der Waals surface area contributed by atoms with Gasteiger partial charge in [0.05, 0.1) is 11.4 Å². The van der Waals surface area contributed by atoms with Crippen molar-refractivity contribution in [2.45, 2.75) is 6.92 Å². The zero-order valence-electron chi connectivity index (χ0n) is 7.70. The summed E-state index contributed by atoms with van der Waals surface area (Å²) < 4.78 is 0. The van der Waals surface area contributed by atoms with E-state index >= 15 is 0 Å². The lowest BCUT2D eigenvalue weighted by atomic mass is 10.3. The number of thiocarbonyl (C=S) groups is 1. The van der Waals surface area contributed by atoms with Crippen LogP contribution >= 0.6 is 12.2 Å². The van der Waals surface area contributed by atoms with Crippen LogP contribution in [0.3, 0.4) is 0 Å². The molecule has 1 rings (SSSR count). The molecule has 0 unspecified atom stereocenters. The second-order valence-electron chi connectivity index (χ2n) is 2.72. The molecule has 0 spiro atoms. The Hall–Kier alpha value is -1.62. The summed E-state index contributed by atoms with van der Waals surface area (Å²) in [6, 6.07) is 7.18. The van der Waals surface area contributed by atoms with E-state index in [-0.39, 0.29) is 11.0 Å². The molecule has 1 aromatic rings. The van der Waals surface area contributed by atoms with E-state index in [0.29, 0.717) is 11.4 Å². The molecule has 0 aliphatic rings. The molecule has 0 aromatic heterocycles. The number of nitrogens with two attached hydrogens (primary N) is 1. The third-order valence-corrected chi connectivity index (χ3v) is 1.70. The largest absolute Gasteiger partial charge is 0.397 e. The number of hydrogen-bond donors (Lipinski definition) is 3. The molecule has 0 heterocycles. The van der Waals surface area contributed by atoms with E-state index in [0.717, 1.165) is 0 Å². The summed E-state index contributed by atoms with van der Waals surface area (Å²) in [7, 11) is 0. The van der Waals surface area contributed by atoms with Crippen LogP contribution in [0.5, 0.6) is 0 Å². The Balaban J connectivity index is 2.65. The van der Waals surface area contributed by atoms with Gasteiger partial charge in [-0.15, -0.1) is 0 Å². The molecule has 5 heteroatoms. The van der Waals surface area contributed by atoms with Crippen molar-refractivity contribution in [1.29, 1.82) is 0 Å². The summed E-state index contributed by atoms with van der Waals surface area (Å²) in [5, 5.41) is 5.51. The van der Waals surface area contributed by atoms with E-state index in [2.05, 4.69) is 10.6 Å². The minimum absolute atomic E-state index is 0.211. The molecule has 0 saturated carbocycles. The van der Waals surface area contributed by atoms with E-state index in [1.807, 2.05) is 12.1 Å². The van der Waals surface area contributed by atoms with Gasteiger partial charge in [-0.05, 0) is 24.4 Å². The van der Waals surface area contributed by atoms with Gasteiger partial charge >= 0.3 is 0 Å². The number of rotatable bonds is 1. The summed E-state index contributed by atoms with van der Waals surface area (Å²) in [4.78, 5) is 10.7. The maximum absolute atomic E-state index is 10.7. The summed E-state index contributed by atoms with van der Waals surface area (Å²) in [6.45, 7) is 1.39. The summed E-state index contributed by atoms with van der Waals surface area (Å²) in [5.74, 6) is -0.211. The average molecular weight is 209 g/mol. The minimum Gasteiger partial charge on any atom is -0.397 e. The fourth-order valence-electron chi connectivity index (χ4n) is 0.924. The fourth-order valence-corrected chi connectivity index (χ4v) is 1.18. The number of carbonyl (C=O) groups is 1. The molecule has 0 fully saturated rings. The highest BCUT2D eigenvalue weighted by atomic mass is 32.1. The first kappa shape index (κ1) is 10.5. The second-order valence-corrected chi connectivity index (χ2v) is 3.13. The molecule has 0 atom stereocenters. The van der Waals surface area contributed by atoms with Gasteiger partial charge in [0.1, 0.15) is 0 Å². The SMILES string of the molecule is CC(=O)NC(=S)Nc1ccccc1N. The normalized spacial score (nSPS) is 9.21. The van der Waals surface area contributed by atoms with Crippen LogP contribution < -0.4 is 16.4 Å². The van der Waals surface area contributed by atoms with Gasteiger partial charge < -0.3 is 16.4 Å². The van der Waals surface area contributed by atoms with Gasteiger partial charge in [-0.25, -0.2) is 0 Å². The fraction of sp³-hybridized carbons (Fsp3) is 0.111. The zero-order chi connectivity index (χ0) is 10.6. The molecule has 0 aliphatic carbocycles. The minimum atomic E-state index is -0.211. The number of carbonyl (C=O) groups excluding carboxylic acids is 1. The average Bonchev–Trinajstić information content (AvgIpc) is 2.07. The van der Waals surface area contributed by atoms with Crippen molar-refractivity contribution in [2.24, 2.45) is 0 Å². The van der Waals surface area contributed by atoms with Gasteiger partial charge in [0, 0.05) is 6.92 Å². The first-order valence-corrected chi connectivity index (χ1v) is 4.43. The van der Waals surface area contributed by atoms with Gasteiger partial charge in [-0.1, -0.05) is 12.1 Å². The van der Waals surface area contributed by atoms with Crippen molar-refractivity contribution < 1.29 is 4.79 Å². The Morgan fingerprint density at radius 2 is 2.07 bits per heavy atom. The lowest BCUT2D eigenvalue weighted by molar-refractivity contribution is -0.117. The summed E-state index contributed by atoms with van der Waals surface area (Å²) in [6.07, 6.45) is 0. The number of hydrogen-bond acceptors (Lipinski definition) is 3. The lowest BCUT2D eigenvalue weighted by Crippen LogP contribution is -2.32. The maximum atomic E-state index is 10.7. The Labute approximate surface area is 87.5 Å². The van der Waals surface area contributed by atoms with Crippen molar-refractivity contribution in [2.75, 3.05) is 11.1 Å². The highest BCUT2D eigenvalue weighted by Gasteiger charge is 2.01. The third kappa shape index (κ3) is 3.02. The van der Waals surface area contributed by atoms with Crippen LogP contribution in [-0.4, -0.2) is 11.0 Å². The van der Waals surface area contributed by atoms with Crippen LogP contribution in [0.2, 0.25) is 0 Å². The van der Waals surface area contributed by atoms with E-state index < -0.39 is 0 Å². The molecule has 1 aromatic carbocycles. The molecule has 0 radical (unpaired) electrons. The van der Waals surface area contributed by atoms with Gasteiger partial charge in [-0.2, -0.15) is 0 Å². The molecule has 4 N–H and O–H groups in total. The molecule has 1 amide bonds. The highest BCUT2D eigenvalue weighted by molar-refractivity contribution is 7.80. The smallest absolute Gasteiger partial charge is 0.222 e. The number of nitrogen functional groups attached to an aromatic ring is 1. The number of anilines is 2. The highest BCUT2D eigenvalue weighted by Crippen LogP contribution is 2.16. The Bertz CT molecular complexity index is 365. The molecule has 0 saturated heterocycles. The van der Waals surface area contributed by atoms with E-state index in [4.69, 9.17) is 18.0 Å². The second kappa shape index (κ2) is 4.57. The molecule has 4 nitrogen and oxygen atoms in total. The van der Waals surface area contributed by atoms with Crippen LogP contribution in [0.4, 0.5) is 11.4 Å². The van der Waals surface area contributed by atoms with Crippen molar-refractivity contribution in [3.05, 3.63) is 24.3 Å². The van der Waals surface area contributed by atoms with Crippen molar-refractivity contribution in [3.8, 4) is 0 Å². The molecule has 0 aliphatic heterocycles. The number of benzene rings is 1. The molecular weight excluding hydrogens is 198 g/mol. The molecule has 0 bridgehead atoms. The molecule has 74 valence electrons. The first-order valence-electron chi connectivity index (χ1n) is 4.02.